The summed E-state index contributed by atoms with van der Waals surface area (Å²) in [6.45, 7) is 6.80. The van der Waals surface area contributed by atoms with Crippen LogP contribution in [-0.4, -0.2) is 61.8 Å². The average Bonchev–Trinajstić information content (AvgIpc) is 2.97. The molecule has 2 aromatic rings. The van der Waals surface area contributed by atoms with E-state index in [9.17, 15) is 5.11 Å². The van der Waals surface area contributed by atoms with Crippen LogP contribution in [0.15, 0.2) is 18.5 Å². The first-order valence-corrected chi connectivity index (χ1v) is 9.05. The average molecular weight is 342 g/mol. The topological polar surface area (TPSA) is 70.3 Å². The van der Waals surface area contributed by atoms with Gasteiger partial charge in [0.05, 0.1) is 12.6 Å². The van der Waals surface area contributed by atoms with Gasteiger partial charge in [-0.2, -0.15) is 0 Å². The molecule has 7 nitrogen and oxygen atoms in total. The minimum absolute atomic E-state index is 0.154. The maximum atomic E-state index is 9.55. The Morgan fingerprint density at radius 3 is 2.56 bits per heavy atom. The summed E-state index contributed by atoms with van der Waals surface area (Å²) in [5, 5.41) is 9.55. The molecule has 4 rings (SSSR count). The molecule has 1 saturated carbocycles. The Bertz CT molecular complexity index is 731. The molecule has 2 fully saturated rings. The molecule has 134 valence electrons. The Morgan fingerprint density at radius 2 is 1.92 bits per heavy atom. The maximum Gasteiger partial charge on any atom is 0.132 e. The molecule has 0 atom stereocenters. The third-order valence-corrected chi connectivity index (χ3v) is 5.36. The summed E-state index contributed by atoms with van der Waals surface area (Å²) in [6.07, 6.45) is 5.35. The van der Waals surface area contributed by atoms with Crippen molar-refractivity contribution in [2.45, 2.75) is 38.3 Å². The molecule has 25 heavy (non-hydrogen) atoms. The van der Waals surface area contributed by atoms with Crippen molar-refractivity contribution in [2.75, 3.05) is 31.1 Å². The molecule has 0 bridgehead atoms. The van der Waals surface area contributed by atoms with Crippen molar-refractivity contribution in [3.63, 3.8) is 0 Å². The summed E-state index contributed by atoms with van der Waals surface area (Å²) in [5.74, 6) is 3.35. The van der Waals surface area contributed by atoms with Gasteiger partial charge in [-0.1, -0.05) is 0 Å². The van der Waals surface area contributed by atoms with E-state index in [0.717, 1.165) is 68.7 Å². The standard InChI is InChI=1S/C18H26N6O/c1-13-20-16(14-9-15(25)10-14)11-17(21-13)24-7-5-23(6-8-24)12-18-19-3-4-22(18)2/h3-4,11,14-15,25H,5-10,12H2,1-2H3. The first kappa shape index (κ1) is 16.5. The number of aliphatic hydroxyl groups is 1. The van der Waals surface area contributed by atoms with E-state index >= 15 is 0 Å². The number of nitrogens with zero attached hydrogens (tertiary/aromatic N) is 6. The molecular formula is C18H26N6O. The molecule has 7 heteroatoms. The number of anilines is 1. The number of piperazine rings is 1. The predicted octanol–water partition coefficient (Wildman–Crippen LogP) is 1.08. The summed E-state index contributed by atoms with van der Waals surface area (Å²) < 4.78 is 2.08. The quantitative estimate of drug-likeness (QED) is 0.897. The van der Waals surface area contributed by atoms with Crippen LogP contribution in [0.5, 0.6) is 0 Å². The zero-order chi connectivity index (χ0) is 17.4. The predicted molar refractivity (Wildman–Crippen MR) is 95.4 cm³/mol. The van der Waals surface area contributed by atoms with E-state index in [0.29, 0.717) is 5.92 Å². The van der Waals surface area contributed by atoms with Crippen LogP contribution >= 0.6 is 0 Å². The van der Waals surface area contributed by atoms with Crippen molar-refractivity contribution in [1.29, 1.82) is 0 Å². The van der Waals surface area contributed by atoms with E-state index in [4.69, 9.17) is 0 Å². The van der Waals surface area contributed by atoms with Gasteiger partial charge in [0.25, 0.3) is 0 Å². The highest BCUT2D eigenvalue weighted by Crippen LogP contribution is 2.36. The van der Waals surface area contributed by atoms with Gasteiger partial charge in [-0.15, -0.1) is 0 Å². The monoisotopic (exact) mass is 342 g/mol. The molecule has 3 heterocycles. The maximum absolute atomic E-state index is 9.55. The fourth-order valence-corrected chi connectivity index (χ4v) is 3.66. The molecule has 0 aromatic carbocycles. The molecule has 0 spiro atoms. The van der Waals surface area contributed by atoms with Gasteiger partial charge in [0.1, 0.15) is 17.5 Å². The number of aliphatic hydroxyl groups excluding tert-OH is 1. The van der Waals surface area contributed by atoms with Crippen LogP contribution in [0, 0.1) is 6.92 Å². The molecular weight excluding hydrogens is 316 g/mol. The van der Waals surface area contributed by atoms with Gasteiger partial charge in [0.15, 0.2) is 0 Å². The first-order valence-electron chi connectivity index (χ1n) is 9.05. The van der Waals surface area contributed by atoms with Gasteiger partial charge in [-0.05, 0) is 19.8 Å². The normalized spacial score (nSPS) is 24.4. The van der Waals surface area contributed by atoms with Crippen molar-refractivity contribution < 1.29 is 5.11 Å². The molecule has 1 aliphatic heterocycles. The molecule has 2 aromatic heterocycles. The Balaban J connectivity index is 1.39. The van der Waals surface area contributed by atoms with Crippen LogP contribution in [0.1, 0.15) is 36.1 Å². The minimum Gasteiger partial charge on any atom is -0.393 e. The second-order valence-electron chi connectivity index (χ2n) is 7.24. The van der Waals surface area contributed by atoms with Crippen molar-refractivity contribution >= 4 is 5.82 Å². The lowest BCUT2D eigenvalue weighted by Gasteiger charge is -2.36. The van der Waals surface area contributed by atoms with E-state index in [-0.39, 0.29) is 6.10 Å². The summed E-state index contributed by atoms with van der Waals surface area (Å²) >= 11 is 0. The molecule has 2 aliphatic rings. The zero-order valence-corrected chi connectivity index (χ0v) is 15.0. The highest BCUT2D eigenvalue weighted by Gasteiger charge is 2.30. The van der Waals surface area contributed by atoms with Crippen molar-refractivity contribution in [1.82, 2.24) is 24.4 Å². The second-order valence-corrected chi connectivity index (χ2v) is 7.24. The summed E-state index contributed by atoms with van der Waals surface area (Å²) in [6, 6.07) is 2.12. The van der Waals surface area contributed by atoms with Gasteiger partial charge in [0.2, 0.25) is 0 Å². The van der Waals surface area contributed by atoms with E-state index in [2.05, 4.69) is 35.4 Å². The number of aromatic nitrogens is 4. The number of hydrogen-bond donors (Lipinski definition) is 1. The lowest BCUT2D eigenvalue weighted by molar-refractivity contribution is 0.0731. The van der Waals surface area contributed by atoms with E-state index in [1.165, 1.54) is 0 Å². The van der Waals surface area contributed by atoms with Crippen LogP contribution in [0.3, 0.4) is 0 Å². The smallest absolute Gasteiger partial charge is 0.132 e. The Hall–Kier alpha value is -1.99. The number of rotatable bonds is 4. The van der Waals surface area contributed by atoms with Crippen molar-refractivity contribution in [3.05, 3.63) is 35.8 Å². The highest BCUT2D eigenvalue weighted by atomic mass is 16.3. The zero-order valence-electron chi connectivity index (χ0n) is 15.0. The lowest BCUT2D eigenvalue weighted by Crippen LogP contribution is -2.46. The largest absolute Gasteiger partial charge is 0.393 e. The molecule has 1 N–H and O–H groups in total. The van der Waals surface area contributed by atoms with Gasteiger partial charge >= 0.3 is 0 Å². The third-order valence-electron chi connectivity index (χ3n) is 5.36. The molecule has 0 radical (unpaired) electrons. The van der Waals surface area contributed by atoms with Crippen molar-refractivity contribution in [3.8, 4) is 0 Å². The number of aryl methyl sites for hydroxylation is 2. The van der Waals surface area contributed by atoms with E-state index < -0.39 is 0 Å². The molecule has 0 unspecified atom stereocenters. The van der Waals surface area contributed by atoms with Crippen molar-refractivity contribution in [2.24, 2.45) is 7.05 Å². The summed E-state index contributed by atoms with van der Waals surface area (Å²) in [4.78, 5) is 18.4. The molecule has 0 amide bonds. The van der Waals surface area contributed by atoms with Crippen LogP contribution in [0.25, 0.3) is 0 Å². The second kappa shape index (κ2) is 6.72. The summed E-state index contributed by atoms with van der Waals surface area (Å²) in [7, 11) is 2.04. The van der Waals surface area contributed by atoms with Crippen LogP contribution in [0.4, 0.5) is 5.82 Å². The van der Waals surface area contributed by atoms with E-state index in [1.54, 1.807) is 0 Å². The van der Waals surface area contributed by atoms with Gasteiger partial charge < -0.3 is 14.6 Å². The minimum atomic E-state index is -0.154. The Morgan fingerprint density at radius 1 is 1.16 bits per heavy atom. The van der Waals surface area contributed by atoms with Gasteiger partial charge in [0, 0.05) is 63.3 Å². The lowest BCUT2D eigenvalue weighted by atomic mass is 9.80. The Kier molecular flexibility index (Phi) is 4.43. The fourth-order valence-electron chi connectivity index (χ4n) is 3.66. The van der Waals surface area contributed by atoms with Gasteiger partial charge in [-0.3, -0.25) is 4.90 Å². The van der Waals surface area contributed by atoms with Crippen LogP contribution in [0.2, 0.25) is 0 Å². The Labute approximate surface area is 148 Å². The summed E-state index contributed by atoms with van der Waals surface area (Å²) in [5.41, 5.74) is 1.09. The first-order chi connectivity index (χ1) is 12.1. The SMILES string of the molecule is Cc1nc(C2CC(O)C2)cc(N2CCN(Cc3nccn3C)CC2)n1. The molecule has 1 saturated heterocycles. The van der Waals surface area contributed by atoms with E-state index in [1.807, 2.05) is 26.4 Å². The van der Waals surface area contributed by atoms with Crippen LogP contribution < -0.4 is 4.90 Å². The number of hydrogen-bond acceptors (Lipinski definition) is 6. The highest BCUT2D eigenvalue weighted by molar-refractivity contribution is 5.41. The molecule has 1 aliphatic carbocycles. The third kappa shape index (κ3) is 3.52. The fraction of sp³-hybridized carbons (Fsp3) is 0.611. The van der Waals surface area contributed by atoms with Crippen LogP contribution in [-0.2, 0) is 13.6 Å². The number of imidazole rings is 1. The van der Waals surface area contributed by atoms with Gasteiger partial charge in [-0.25, -0.2) is 15.0 Å².